The van der Waals surface area contributed by atoms with Crippen molar-refractivity contribution in [2.24, 2.45) is 0 Å². The molecule has 7 heteroatoms. The third-order valence-corrected chi connectivity index (χ3v) is 5.09. The average Bonchev–Trinajstić information content (AvgIpc) is 3.05. The first-order valence-electron chi connectivity index (χ1n) is 9.53. The first-order valence-corrected chi connectivity index (χ1v) is 9.53. The van der Waals surface area contributed by atoms with Gasteiger partial charge in [0.25, 0.3) is 0 Å². The second-order valence-electron chi connectivity index (χ2n) is 6.78. The van der Waals surface area contributed by atoms with Crippen LogP contribution in [0.25, 0.3) is 10.9 Å². The van der Waals surface area contributed by atoms with E-state index in [1.54, 1.807) is 0 Å². The zero-order valence-corrected chi connectivity index (χ0v) is 16.8. The van der Waals surface area contributed by atoms with Crippen LogP contribution in [0.3, 0.4) is 0 Å². The molecule has 1 aromatic carbocycles. The van der Waals surface area contributed by atoms with Gasteiger partial charge in [-0.2, -0.15) is 0 Å². The molecule has 1 atom stereocenters. The number of nitrogens with zero attached hydrogens (tertiary/aromatic N) is 2. The lowest BCUT2D eigenvalue weighted by Gasteiger charge is -2.22. The van der Waals surface area contributed by atoms with Crippen molar-refractivity contribution in [3.63, 3.8) is 0 Å². The van der Waals surface area contributed by atoms with Crippen LogP contribution in [0, 0.1) is 0 Å². The SMILES string of the molecule is CCN(CC)C(=O)Cn1ccc2cc(NC(=O)C3CCCCN3)ccc21.Cl. The van der Waals surface area contributed by atoms with Crippen LogP contribution < -0.4 is 10.6 Å². The third-order valence-electron chi connectivity index (χ3n) is 5.09. The maximum Gasteiger partial charge on any atom is 0.242 e. The predicted molar refractivity (Wildman–Crippen MR) is 111 cm³/mol. The van der Waals surface area contributed by atoms with Gasteiger partial charge in [0, 0.05) is 35.9 Å². The number of halogens is 1. The van der Waals surface area contributed by atoms with Gasteiger partial charge in [-0.1, -0.05) is 6.42 Å². The molecule has 0 aliphatic carbocycles. The Hall–Kier alpha value is -2.05. The monoisotopic (exact) mass is 392 g/mol. The molecule has 0 bridgehead atoms. The number of anilines is 1. The number of piperidine rings is 1. The molecule has 1 saturated heterocycles. The lowest BCUT2D eigenvalue weighted by atomic mass is 10.0. The third kappa shape index (κ3) is 5.02. The molecule has 1 aromatic heterocycles. The molecule has 148 valence electrons. The van der Waals surface area contributed by atoms with Crippen LogP contribution in [-0.2, 0) is 16.1 Å². The Bertz CT molecular complexity index is 779. The van der Waals surface area contributed by atoms with Gasteiger partial charge in [0.15, 0.2) is 0 Å². The molecule has 1 aliphatic rings. The lowest BCUT2D eigenvalue weighted by Crippen LogP contribution is -2.43. The van der Waals surface area contributed by atoms with E-state index in [1.807, 2.05) is 53.8 Å². The summed E-state index contributed by atoms with van der Waals surface area (Å²) >= 11 is 0. The Labute approximate surface area is 166 Å². The lowest BCUT2D eigenvalue weighted by molar-refractivity contribution is -0.131. The van der Waals surface area contributed by atoms with E-state index in [0.29, 0.717) is 6.54 Å². The highest BCUT2D eigenvalue weighted by Gasteiger charge is 2.20. The quantitative estimate of drug-likeness (QED) is 0.794. The predicted octanol–water partition coefficient (Wildman–Crippen LogP) is 3.01. The standard InChI is InChI=1S/C20H28N4O2.ClH/c1-3-23(4-2)19(25)14-24-12-10-15-13-16(8-9-18(15)24)22-20(26)17-7-5-6-11-21-17;/h8-10,12-13,17,21H,3-7,11,14H2,1-2H3,(H,22,26);1H. The summed E-state index contributed by atoms with van der Waals surface area (Å²) < 4.78 is 1.96. The van der Waals surface area contributed by atoms with E-state index in [4.69, 9.17) is 0 Å². The highest BCUT2D eigenvalue weighted by atomic mass is 35.5. The van der Waals surface area contributed by atoms with Crippen molar-refractivity contribution in [1.82, 2.24) is 14.8 Å². The molecule has 2 amide bonds. The van der Waals surface area contributed by atoms with Gasteiger partial charge in [-0.15, -0.1) is 12.4 Å². The first-order chi connectivity index (χ1) is 12.6. The number of nitrogens with one attached hydrogen (secondary N) is 2. The van der Waals surface area contributed by atoms with Gasteiger partial charge in [0.1, 0.15) is 6.54 Å². The minimum Gasteiger partial charge on any atom is -0.342 e. The molecule has 3 rings (SSSR count). The normalized spacial score (nSPS) is 16.6. The minimum atomic E-state index is -0.101. The summed E-state index contributed by atoms with van der Waals surface area (Å²) in [5.41, 5.74) is 1.79. The first kappa shape index (κ1) is 21.3. The van der Waals surface area contributed by atoms with E-state index in [2.05, 4.69) is 10.6 Å². The summed E-state index contributed by atoms with van der Waals surface area (Å²) in [5, 5.41) is 7.29. The molecule has 0 saturated carbocycles. The average molecular weight is 393 g/mol. The number of carbonyl (C=O) groups is 2. The second kappa shape index (κ2) is 9.76. The number of likely N-dealkylation sites (N-methyl/N-ethyl adjacent to an activating group) is 1. The maximum atomic E-state index is 12.4. The zero-order chi connectivity index (χ0) is 18.5. The summed E-state index contributed by atoms with van der Waals surface area (Å²) in [5.74, 6) is 0.147. The van der Waals surface area contributed by atoms with E-state index in [1.165, 1.54) is 0 Å². The number of carbonyl (C=O) groups excluding carboxylic acids is 2. The summed E-state index contributed by atoms with van der Waals surface area (Å²) in [6.45, 7) is 6.67. The Balaban J connectivity index is 0.00000261. The smallest absolute Gasteiger partial charge is 0.242 e. The molecular weight excluding hydrogens is 364 g/mol. The largest absolute Gasteiger partial charge is 0.342 e. The molecule has 2 N–H and O–H groups in total. The number of amides is 2. The topological polar surface area (TPSA) is 66.4 Å². The number of hydrogen-bond donors (Lipinski definition) is 2. The van der Waals surface area contributed by atoms with Crippen molar-refractivity contribution < 1.29 is 9.59 Å². The van der Waals surface area contributed by atoms with Crippen LogP contribution in [0.1, 0.15) is 33.1 Å². The number of rotatable bonds is 6. The summed E-state index contributed by atoms with van der Waals surface area (Å²) in [4.78, 5) is 26.5. The van der Waals surface area contributed by atoms with Crippen LogP contribution in [0.4, 0.5) is 5.69 Å². The highest BCUT2D eigenvalue weighted by molar-refractivity contribution is 5.97. The highest BCUT2D eigenvalue weighted by Crippen LogP contribution is 2.21. The van der Waals surface area contributed by atoms with Crippen molar-refractivity contribution in [3.05, 3.63) is 30.5 Å². The fourth-order valence-electron chi connectivity index (χ4n) is 3.54. The van der Waals surface area contributed by atoms with Gasteiger partial charge in [-0.25, -0.2) is 0 Å². The fourth-order valence-corrected chi connectivity index (χ4v) is 3.54. The van der Waals surface area contributed by atoms with Crippen LogP contribution >= 0.6 is 12.4 Å². The molecule has 0 spiro atoms. The molecule has 2 aromatic rings. The Morgan fingerprint density at radius 3 is 2.67 bits per heavy atom. The van der Waals surface area contributed by atoms with Crippen LogP contribution in [0.5, 0.6) is 0 Å². The van der Waals surface area contributed by atoms with Crippen molar-refractivity contribution >= 4 is 40.8 Å². The van der Waals surface area contributed by atoms with E-state index in [0.717, 1.165) is 55.5 Å². The Morgan fingerprint density at radius 2 is 2.00 bits per heavy atom. The number of fused-ring (bicyclic) bond motifs is 1. The molecule has 1 aliphatic heterocycles. The van der Waals surface area contributed by atoms with Gasteiger partial charge in [0.2, 0.25) is 11.8 Å². The molecular formula is C20H29ClN4O2. The van der Waals surface area contributed by atoms with Gasteiger partial charge >= 0.3 is 0 Å². The van der Waals surface area contributed by atoms with E-state index in [9.17, 15) is 9.59 Å². The zero-order valence-electron chi connectivity index (χ0n) is 16.0. The molecule has 27 heavy (non-hydrogen) atoms. The molecule has 1 fully saturated rings. The van der Waals surface area contributed by atoms with E-state index >= 15 is 0 Å². The summed E-state index contributed by atoms with van der Waals surface area (Å²) in [6, 6.07) is 7.72. The van der Waals surface area contributed by atoms with Crippen LogP contribution in [0.15, 0.2) is 30.5 Å². The number of aromatic nitrogens is 1. The number of benzene rings is 1. The van der Waals surface area contributed by atoms with Gasteiger partial charge < -0.3 is 20.1 Å². The Kier molecular flexibility index (Phi) is 7.68. The summed E-state index contributed by atoms with van der Waals surface area (Å²) in [6.07, 6.45) is 5.04. The van der Waals surface area contributed by atoms with Crippen LogP contribution in [0.2, 0.25) is 0 Å². The minimum absolute atomic E-state index is 0. The van der Waals surface area contributed by atoms with Crippen LogP contribution in [-0.4, -0.2) is 47.0 Å². The van der Waals surface area contributed by atoms with E-state index in [-0.39, 0.29) is 30.3 Å². The summed E-state index contributed by atoms with van der Waals surface area (Å²) in [7, 11) is 0. The van der Waals surface area contributed by atoms with Gasteiger partial charge in [-0.3, -0.25) is 9.59 Å². The van der Waals surface area contributed by atoms with Crippen molar-refractivity contribution in [3.8, 4) is 0 Å². The van der Waals surface area contributed by atoms with Gasteiger partial charge in [0.05, 0.1) is 6.04 Å². The Morgan fingerprint density at radius 1 is 1.22 bits per heavy atom. The van der Waals surface area contributed by atoms with E-state index < -0.39 is 0 Å². The molecule has 2 heterocycles. The molecule has 0 radical (unpaired) electrons. The maximum absolute atomic E-state index is 12.4. The molecule has 1 unspecified atom stereocenters. The van der Waals surface area contributed by atoms with Crippen molar-refractivity contribution in [2.45, 2.75) is 45.7 Å². The molecule has 6 nitrogen and oxygen atoms in total. The number of hydrogen-bond acceptors (Lipinski definition) is 3. The van der Waals surface area contributed by atoms with Gasteiger partial charge in [-0.05, 0) is 57.5 Å². The van der Waals surface area contributed by atoms with Crippen molar-refractivity contribution in [1.29, 1.82) is 0 Å². The second-order valence-corrected chi connectivity index (χ2v) is 6.78. The van der Waals surface area contributed by atoms with Crippen molar-refractivity contribution in [2.75, 3.05) is 25.0 Å². The fraction of sp³-hybridized carbons (Fsp3) is 0.500.